The van der Waals surface area contributed by atoms with Crippen molar-refractivity contribution >= 4 is 66.5 Å². The number of aliphatic imine (C=N–C) groups is 1. The fraction of sp³-hybridized carbons (Fsp3) is 0.0833. The lowest BCUT2D eigenvalue weighted by molar-refractivity contribution is -0.115. The van der Waals surface area contributed by atoms with Gasteiger partial charge in [-0.3, -0.25) is 4.79 Å². The van der Waals surface area contributed by atoms with Gasteiger partial charge in [0, 0.05) is 14.5 Å². The molecule has 1 amide bonds. The molecule has 4 nitrogen and oxygen atoms in total. The van der Waals surface area contributed by atoms with Crippen LogP contribution in [-0.4, -0.2) is 11.1 Å². The monoisotopic (exact) mass is 556 g/mol. The molecule has 0 saturated carbocycles. The van der Waals surface area contributed by atoms with Crippen LogP contribution in [-0.2, 0) is 11.4 Å². The summed E-state index contributed by atoms with van der Waals surface area (Å²) in [5.41, 5.74) is 3.94. The van der Waals surface area contributed by atoms with Gasteiger partial charge in [-0.2, -0.15) is 0 Å². The normalized spacial score (nSPS) is 16.0. The number of ether oxygens (including phenoxy) is 1. The van der Waals surface area contributed by atoms with Gasteiger partial charge in [0.05, 0.1) is 10.6 Å². The molecule has 0 aliphatic carbocycles. The Morgan fingerprint density at radius 2 is 1.87 bits per heavy atom. The number of amidine groups is 1. The number of carbonyl (C=O) groups excluding carboxylic acids is 1. The van der Waals surface area contributed by atoms with E-state index in [0.717, 1.165) is 37.1 Å². The molecule has 1 fully saturated rings. The van der Waals surface area contributed by atoms with E-state index in [0.29, 0.717) is 16.7 Å². The molecule has 3 aromatic carbocycles. The van der Waals surface area contributed by atoms with Crippen molar-refractivity contribution in [2.24, 2.45) is 4.99 Å². The molecule has 0 spiro atoms. The molecule has 0 bridgehead atoms. The van der Waals surface area contributed by atoms with E-state index in [1.165, 1.54) is 11.8 Å². The van der Waals surface area contributed by atoms with Gasteiger partial charge < -0.3 is 10.1 Å². The van der Waals surface area contributed by atoms with Gasteiger partial charge in [0.1, 0.15) is 12.4 Å². The second-order valence-electron chi connectivity index (χ2n) is 6.91. The SMILES string of the molecule is Cc1cccc(N=C2NC(=O)/C(=C/c3ccc(OCc4ccc(Br)cc4Br)cc3)S2)c1. The molecule has 1 aliphatic rings. The van der Waals surface area contributed by atoms with Crippen LogP contribution < -0.4 is 10.1 Å². The van der Waals surface area contributed by atoms with Crippen molar-refractivity contribution in [2.75, 3.05) is 0 Å². The Morgan fingerprint density at radius 1 is 1.06 bits per heavy atom. The van der Waals surface area contributed by atoms with E-state index in [9.17, 15) is 4.79 Å². The fourth-order valence-electron chi connectivity index (χ4n) is 2.91. The molecule has 0 atom stereocenters. The van der Waals surface area contributed by atoms with Crippen molar-refractivity contribution in [1.29, 1.82) is 0 Å². The number of thioether (sulfide) groups is 1. The minimum Gasteiger partial charge on any atom is -0.489 e. The quantitative estimate of drug-likeness (QED) is 0.344. The van der Waals surface area contributed by atoms with Gasteiger partial charge in [0.25, 0.3) is 5.91 Å². The predicted octanol–water partition coefficient (Wildman–Crippen LogP) is 6.99. The Balaban J connectivity index is 1.41. The molecule has 156 valence electrons. The minimum atomic E-state index is -0.142. The number of rotatable bonds is 5. The molecule has 4 rings (SSSR count). The summed E-state index contributed by atoms with van der Waals surface area (Å²) in [4.78, 5) is 17.4. The average Bonchev–Trinajstić information content (AvgIpc) is 3.07. The van der Waals surface area contributed by atoms with Crippen molar-refractivity contribution in [2.45, 2.75) is 13.5 Å². The Bertz CT molecular complexity index is 1190. The third-order valence-electron chi connectivity index (χ3n) is 4.47. The molecular formula is C24H18Br2N2O2S. The molecule has 1 saturated heterocycles. The average molecular weight is 558 g/mol. The van der Waals surface area contributed by atoms with Gasteiger partial charge in [-0.05, 0) is 72.3 Å². The summed E-state index contributed by atoms with van der Waals surface area (Å²) in [7, 11) is 0. The van der Waals surface area contributed by atoms with Crippen LogP contribution in [0.15, 0.2) is 85.6 Å². The van der Waals surface area contributed by atoms with Crippen LogP contribution in [0.4, 0.5) is 5.69 Å². The van der Waals surface area contributed by atoms with E-state index < -0.39 is 0 Å². The fourth-order valence-corrected chi connectivity index (χ4v) is 4.91. The largest absolute Gasteiger partial charge is 0.489 e. The number of aryl methyl sites for hydroxylation is 1. The first-order valence-electron chi connectivity index (χ1n) is 9.49. The zero-order chi connectivity index (χ0) is 21.8. The summed E-state index contributed by atoms with van der Waals surface area (Å²) in [6, 6.07) is 21.5. The molecule has 1 heterocycles. The van der Waals surface area contributed by atoms with Gasteiger partial charge in [0.15, 0.2) is 5.17 Å². The number of benzene rings is 3. The smallest absolute Gasteiger partial charge is 0.264 e. The molecule has 31 heavy (non-hydrogen) atoms. The van der Waals surface area contributed by atoms with Crippen molar-refractivity contribution in [3.63, 3.8) is 0 Å². The molecule has 7 heteroatoms. The second-order valence-corrected chi connectivity index (χ2v) is 9.71. The van der Waals surface area contributed by atoms with Gasteiger partial charge in [-0.25, -0.2) is 4.99 Å². The Labute approximate surface area is 202 Å². The number of nitrogens with one attached hydrogen (secondary N) is 1. The topological polar surface area (TPSA) is 50.7 Å². The zero-order valence-corrected chi connectivity index (χ0v) is 20.6. The first kappa shape index (κ1) is 21.9. The van der Waals surface area contributed by atoms with Crippen LogP contribution in [0.5, 0.6) is 5.75 Å². The van der Waals surface area contributed by atoms with Crippen LogP contribution in [0.2, 0.25) is 0 Å². The minimum absolute atomic E-state index is 0.142. The van der Waals surface area contributed by atoms with Crippen LogP contribution >= 0.6 is 43.6 Å². The maximum atomic E-state index is 12.3. The molecule has 3 aromatic rings. The first-order chi connectivity index (χ1) is 15.0. The van der Waals surface area contributed by atoms with Gasteiger partial charge in [-0.15, -0.1) is 0 Å². The van der Waals surface area contributed by atoms with Crippen molar-refractivity contribution in [3.8, 4) is 5.75 Å². The summed E-state index contributed by atoms with van der Waals surface area (Å²) < 4.78 is 7.89. The van der Waals surface area contributed by atoms with Gasteiger partial charge in [-0.1, -0.05) is 62.2 Å². The highest BCUT2D eigenvalue weighted by atomic mass is 79.9. The van der Waals surface area contributed by atoms with E-state index in [1.54, 1.807) is 0 Å². The third-order valence-corrected chi connectivity index (χ3v) is 6.61. The second kappa shape index (κ2) is 9.85. The summed E-state index contributed by atoms with van der Waals surface area (Å²) in [5, 5.41) is 3.41. The summed E-state index contributed by atoms with van der Waals surface area (Å²) in [6.07, 6.45) is 1.86. The lowest BCUT2D eigenvalue weighted by atomic mass is 10.2. The number of hydrogen-bond acceptors (Lipinski definition) is 4. The zero-order valence-electron chi connectivity index (χ0n) is 16.6. The standard InChI is InChI=1S/C24H18Br2N2O2S/c1-15-3-2-4-19(11-15)27-24-28-23(29)22(31-24)12-16-5-9-20(10-6-16)30-14-17-7-8-18(25)13-21(17)26/h2-13H,14H2,1H3,(H,27,28,29)/b22-12-. The maximum Gasteiger partial charge on any atom is 0.264 e. The molecule has 0 unspecified atom stereocenters. The van der Waals surface area contributed by atoms with Gasteiger partial charge in [0.2, 0.25) is 0 Å². The number of hydrogen-bond donors (Lipinski definition) is 1. The van der Waals surface area contributed by atoms with Gasteiger partial charge >= 0.3 is 0 Å². The highest BCUT2D eigenvalue weighted by Gasteiger charge is 2.23. The number of carbonyl (C=O) groups is 1. The van der Waals surface area contributed by atoms with Crippen LogP contribution in [0.1, 0.15) is 16.7 Å². The summed E-state index contributed by atoms with van der Waals surface area (Å²) in [6.45, 7) is 2.48. The van der Waals surface area contributed by atoms with E-state index >= 15 is 0 Å². The van der Waals surface area contributed by atoms with Crippen molar-refractivity contribution in [1.82, 2.24) is 5.32 Å². The number of halogens is 2. The summed E-state index contributed by atoms with van der Waals surface area (Å²) in [5.74, 6) is 0.624. The number of nitrogens with zero attached hydrogens (tertiary/aromatic N) is 1. The highest BCUT2D eigenvalue weighted by molar-refractivity contribution is 9.11. The van der Waals surface area contributed by atoms with E-state index in [2.05, 4.69) is 42.2 Å². The summed E-state index contributed by atoms with van der Waals surface area (Å²) >= 11 is 8.34. The predicted molar refractivity (Wildman–Crippen MR) is 135 cm³/mol. The van der Waals surface area contributed by atoms with Crippen LogP contribution in [0.25, 0.3) is 6.08 Å². The van der Waals surface area contributed by atoms with E-state index in [1.807, 2.05) is 79.7 Å². The highest BCUT2D eigenvalue weighted by Crippen LogP contribution is 2.29. The molecule has 1 N–H and O–H groups in total. The lowest BCUT2D eigenvalue weighted by Gasteiger charge is -2.08. The first-order valence-corrected chi connectivity index (χ1v) is 11.9. The van der Waals surface area contributed by atoms with Crippen LogP contribution in [0.3, 0.4) is 0 Å². The van der Waals surface area contributed by atoms with Crippen LogP contribution in [0, 0.1) is 6.92 Å². The lowest BCUT2D eigenvalue weighted by Crippen LogP contribution is -2.19. The number of amides is 1. The van der Waals surface area contributed by atoms with Crippen molar-refractivity contribution < 1.29 is 9.53 Å². The Hall–Kier alpha value is -2.35. The molecule has 0 radical (unpaired) electrons. The Kier molecular flexibility index (Phi) is 6.95. The van der Waals surface area contributed by atoms with Crippen molar-refractivity contribution in [3.05, 3.63) is 97.3 Å². The van der Waals surface area contributed by atoms with E-state index in [4.69, 9.17) is 4.74 Å². The third kappa shape index (κ3) is 5.87. The molecule has 1 aliphatic heterocycles. The molecule has 0 aromatic heterocycles. The van der Waals surface area contributed by atoms with E-state index in [-0.39, 0.29) is 5.91 Å². The maximum absolute atomic E-state index is 12.3. The molecular weight excluding hydrogens is 540 g/mol. The Morgan fingerprint density at radius 3 is 2.61 bits per heavy atom.